The first-order valence-electron chi connectivity index (χ1n) is 15.0. The standard InChI is InChI=1S/C38H30N2O6/c1-3-22-45-27-16-12-25(13-17-27)34(42)32-33(35(43)26-14-18-28(19-15-26)46-23(2)41)40-21-20-24-8-4-5-9-29(24)36(40)38(32)30-10-6-7-11-31(30)39-37(38)44/h3-21,32-33,36H,1,22H2,2H3,(H,39,44)/t32-,33+,36-,38-/m0/s1. The van der Waals surface area contributed by atoms with Crippen molar-refractivity contribution in [1.82, 2.24) is 4.90 Å². The van der Waals surface area contributed by atoms with E-state index in [9.17, 15) is 19.2 Å². The summed E-state index contributed by atoms with van der Waals surface area (Å²) in [5.74, 6) is -1.73. The van der Waals surface area contributed by atoms with Crippen LogP contribution in [0.5, 0.6) is 11.5 Å². The monoisotopic (exact) mass is 610 g/mol. The Morgan fingerprint density at radius 2 is 1.52 bits per heavy atom. The van der Waals surface area contributed by atoms with E-state index in [0.717, 1.165) is 11.1 Å². The third-order valence-electron chi connectivity index (χ3n) is 9.03. The number of esters is 1. The highest BCUT2D eigenvalue weighted by Crippen LogP contribution is 2.62. The summed E-state index contributed by atoms with van der Waals surface area (Å²) in [6.45, 7) is 5.29. The van der Waals surface area contributed by atoms with Gasteiger partial charge in [0, 0.05) is 29.9 Å². The molecule has 0 radical (unpaired) electrons. The molecule has 8 nitrogen and oxygen atoms in total. The summed E-state index contributed by atoms with van der Waals surface area (Å²) in [6.07, 6.45) is 5.38. The van der Waals surface area contributed by atoms with Crippen molar-refractivity contribution < 1.29 is 28.7 Å². The second-order valence-corrected chi connectivity index (χ2v) is 11.6. The number of amides is 1. The van der Waals surface area contributed by atoms with Crippen LogP contribution in [0, 0.1) is 5.92 Å². The summed E-state index contributed by atoms with van der Waals surface area (Å²) >= 11 is 0. The minimum absolute atomic E-state index is 0.298. The van der Waals surface area contributed by atoms with E-state index in [1.807, 2.05) is 65.7 Å². The van der Waals surface area contributed by atoms with Gasteiger partial charge in [0.05, 0.1) is 12.0 Å². The van der Waals surface area contributed by atoms with Crippen LogP contribution in [0.4, 0.5) is 5.69 Å². The number of carbonyl (C=O) groups is 4. The van der Waals surface area contributed by atoms with Crippen molar-refractivity contribution in [3.05, 3.63) is 144 Å². The number of ether oxygens (including phenoxy) is 2. The molecule has 0 saturated carbocycles. The van der Waals surface area contributed by atoms with Crippen molar-refractivity contribution in [2.45, 2.75) is 24.4 Å². The molecule has 0 aliphatic carbocycles. The molecular formula is C38H30N2O6. The van der Waals surface area contributed by atoms with Gasteiger partial charge in [-0.15, -0.1) is 0 Å². The first-order valence-corrected chi connectivity index (χ1v) is 15.0. The van der Waals surface area contributed by atoms with Crippen LogP contribution in [-0.4, -0.2) is 41.0 Å². The maximum atomic E-state index is 15.0. The van der Waals surface area contributed by atoms with Crippen LogP contribution in [0.3, 0.4) is 0 Å². The third kappa shape index (κ3) is 4.44. The number of anilines is 1. The van der Waals surface area contributed by atoms with E-state index >= 15 is 0 Å². The molecular weight excluding hydrogens is 580 g/mol. The average molecular weight is 611 g/mol. The Morgan fingerprint density at radius 1 is 0.870 bits per heavy atom. The van der Waals surface area contributed by atoms with E-state index in [1.54, 1.807) is 54.6 Å². The number of hydrogen-bond acceptors (Lipinski definition) is 7. The highest BCUT2D eigenvalue weighted by atomic mass is 16.5. The fraction of sp³-hybridized carbons (Fsp3) is 0.158. The second-order valence-electron chi connectivity index (χ2n) is 11.6. The molecule has 0 aromatic heterocycles. The normalized spacial score (nSPS) is 22.0. The van der Waals surface area contributed by atoms with Gasteiger partial charge >= 0.3 is 5.97 Å². The van der Waals surface area contributed by atoms with Crippen molar-refractivity contribution in [3.8, 4) is 11.5 Å². The summed E-state index contributed by atoms with van der Waals surface area (Å²) in [5.41, 5.74) is 2.28. The van der Waals surface area contributed by atoms with Crippen LogP contribution in [0.15, 0.2) is 116 Å². The van der Waals surface area contributed by atoms with Crippen LogP contribution >= 0.6 is 0 Å². The first kappa shape index (κ1) is 29.0. The molecule has 0 unspecified atom stereocenters. The Bertz CT molecular complexity index is 1930. The van der Waals surface area contributed by atoms with E-state index in [0.29, 0.717) is 40.5 Å². The van der Waals surface area contributed by atoms with Crippen molar-refractivity contribution in [2.24, 2.45) is 5.92 Å². The number of ketones is 2. The van der Waals surface area contributed by atoms with E-state index < -0.39 is 29.4 Å². The number of rotatable bonds is 8. The molecule has 4 aromatic carbocycles. The zero-order valence-corrected chi connectivity index (χ0v) is 25.0. The molecule has 3 heterocycles. The van der Waals surface area contributed by atoms with Crippen LogP contribution in [0.2, 0.25) is 0 Å². The lowest BCUT2D eigenvalue weighted by Crippen LogP contribution is -2.49. The molecule has 1 saturated heterocycles. The molecule has 1 spiro atoms. The van der Waals surface area contributed by atoms with Crippen molar-refractivity contribution >= 4 is 35.2 Å². The maximum Gasteiger partial charge on any atom is 0.308 e. The predicted octanol–water partition coefficient (Wildman–Crippen LogP) is 6.16. The Kier molecular flexibility index (Phi) is 7.12. The highest BCUT2D eigenvalue weighted by Gasteiger charge is 2.70. The van der Waals surface area contributed by atoms with Gasteiger partial charge in [-0.3, -0.25) is 19.2 Å². The lowest BCUT2D eigenvalue weighted by Gasteiger charge is -2.38. The first-order chi connectivity index (χ1) is 22.3. The number of hydrogen-bond donors (Lipinski definition) is 1. The van der Waals surface area contributed by atoms with E-state index in [4.69, 9.17) is 9.47 Å². The topological polar surface area (TPSA) is 102 Å². The molecule has 46 heavy (non-hydrogen) atoms. The van der Waals surface area contributed by atoms with Crippen molar-refractivity contribution in [1.29, 1.82) is 0 Å². The zero-order chi connectivity index (χ0) is 32.0. The Hall–Kier alpha value is -5.76. The summed E-state index contributed by atoms with van der Waals surface area (Å²) in [4.78, 5) is 57.7. The van der Waals surface area contributed by atoms with E-state index in [1.165, 1.54) is 6.92 Å². The Labute approximate surface area is 265 Å². The summed E-state index contributed by atoms with van der Waals surface area (Å²) in [6, 6.07) is 26.5. The fourth-order valence-corrected chi connectivity index (χ4v) is 7.24. The largest absolute Gasteiger partial charge is 0.490 e. The van der Waals surface area contributed by atoms with Gasteiger partial charge in [0.2, 0.25) is 5.91 Å². The highest BCUT2D eigenvalue weighted by molar-refractivity contribution is 6.16. The molecule has 4 atom stereocenters. The quantitative estimate of drug-likeness (QED) is 0.110. The lowest BCUT2D eigenvalue weighted by molar-refractivity contribution is -0.131. The van der Waals surface area contributed by atoms with Crippen LogP contribution in [-0.2, 0) is 15.0 Å². The summed E-state index contributed by atoms with van der Waals surface area (Å²) < 4.78 is 10.8. The molecule has 1 N–H and O–H groups in total. The van der Waals surface area contributed by atoms with Crippen molar-refractivity contribution in [3.63, 3.8) is 0 Å². The minimum Gasteiger partial charge on any atom is -0.490 e. The van der Waals surface area contributed by atoms with Gasteiger partial charge in [0.1, 0.15) is 29.6 Å². The molecule has 3 aliphatic heterocycles. The number of fused-ring (bicyclic) bond motifs is 6. The predicted molar refractivity (Wildman–Crippen MR) is 173 cm³/mol. The van der Waals surface area contributed by atoms with Crippen LogP contribution < -0.4 is 14.8 Å². The molecule has 7 rings (SSSR count). The van der Waals surface area contributed by atoms with Gasteiger partial charge in [0.25, 0.3) is 0 Å². The number of nitrogens with one attached hydrogen (secondary N) is 1. The molecule has 4 aromatic rings. The van der Waals surface area contributed by atoms with E-state index in [-0.39, 0.29) is 17.5 Å². The molecule has 8 heteroatoms. The maximum absolute atomic E-state index is 15.0. The van der Waals surface area contributed by atoms with Gasteiger partial charge in [-0.05, 0) is 77.4 Å². The van der Waals surface area contributed by atoms with Gasteiger partial charge in [-0.2, -0.15) is 0 Å². The SMILES string of the molecule is C=CCOc1ccc(C(=O)[C@@H]2[C@H](C(=O)c3ccc(OC(C)=O)cc3)N3C=Cc4ccccc4[C@H]3[C@@]23C(=O)Nc2ccccc23)cc1. The van der Waals surface area contributed by atoms with Crippen LogP contribution in [0.25, 0.3) is 6.08 Å². The van der Waals surface area contributed by atoms with Gasteiger partial charge < -0.3 is 19.7 Å². The molecule has 3 aliphatic rings. The van der Waals surface area contributed by atoms with Crippen LogP contribution in [0.1, 0.15) is 50.4 Å². The van der Waals surface area contributed by atoms with Gasteiger partial charge in [-0.25, -0.2) is 0 Å². The number of Topliss-reactive ketones (excluding diaryl/α,β-unsaturated/α-hetero) is 2. The zero-order valence-electron chi connectivity index (χ0n) is 25.0. The van der Waals surface area contributed by atoms with Gasteiger partial charge in [-0.1, -0.05) is 55.1 Å². The number of para-hydroxylation sites is 1. The third-order valence-corrected chi connectivity index (χ3v) is 9.03. The molecule has 0 bridgehead atoms. The lowest BCUT2D eigenvalue weighted by atomic mass is 9.62. The number of nitrogens with zero attached hydrogens (tertiary/aromatic N) is 1. The fourth-order valence-electron chi connectivity index (χ4n) is 7.24. The van der Waals surface area contributed by atoms with Crippen molar-refractivity contribution in [2.75, 3.05) is 11.9 Å². The Balaban J connectivity index is 1.44. The smallest absolute Gasteiger partial charge is 0.308 e. The van der Waals surface area contributed by atoms with E-state index in [2.05, 4.69) is 11.9 Å². The summed E-state index contributed by atoms with van der Waals surface area (Å²) in [5, 5.41) is 3.06. The van der Waals surface area contributed by atoms with Gasteiger partial charge in [0.15, 0.2) is 11.6 Å². The molecule has 1 amide bonds. The minimum atomic E-state index is -1.44. The summed E-state index contributed by atoms with van der Waals surface area (Å²) in [7, 11) is 0. The number of carbonyl (C=O) groups excluding carboxylic acids is 4. The molecule has 228 valence electrons. The average Bonchev–Trinajstić information content (AvgIpc) is 3.55. The molecule has 1 fully saturated rings. The Morgan fingerprint density at radius 3 is 2.24 bits per heavy atom. The number of benzene rings is 4. The second kappa shape index (κ2) is 11.3.